The molecule has 1 fully saturated rings. The fraction of sp³-hybridized carbons (Fsp3) is 0.857. The Labute approximate surface area is 115 Å². The molecule has 0 saturated carbocycles. The number of carbonyl (C=O) groups is 2. The Morgan fingerprint density at radius 1 is 1.11 bits per heavy atom. The maximum atomic E-state index is 11.7. The number of carbonyl (C=O) groups excluding carboxylic acids is 2. The summed E-state index contributed by atoms with van der Waals surface area (Å²) in [7, 11) is 2.04. The number of ether oxygens (including phenoxy) is 2. The van der Waals surface area contributed by atoms with Gasteiger partial charge in [0.25, 0.3) is 0 Å². The van der Waals surface area contributed by atoms with E-state index in [0.717, 1.165) is 25.8 Å². The topological polar surface area (TPSA) is 52.6 Å². The van der Waals surface area contributed by atoms with E-state index in [9.17, 15) is 9.59 Å². The Hall–Kier alpha value is -1.10. The molecule has 1 rings (SSSR count). The van der Waals surface area contributed by atoms with Crippen LogP contribution in [0.5, 0.6) is 0 Å². The molecule has 0 spiro atoms. The fourth-order valence-electron chi connectivity index (χ4n) is 2.79. The first kappa shape index (κ1) is 16.0. The van der Waals surface area contributed by atoms with Crippen LogP contribution in [0.15, 0.2) is 0 Å². The number of piperidine rings is 1. The maximum absolute atomic E-state index is 11.7. The van der Waals surface area contributed by atoms with Gasteiger partial charge in [0.15, 0.2) is 6.54 Å². The first-order chi connectivity index (χ1) is 9.01. The lowest BCUT2D eigenvalue weighted by Gasteiger charge is -2.43. The smallest absolute Gasteiger partial charge is 0.361 e. The van der Waals surface area contributed by atoms with Gasteiger partial charge in [-0.2, -0.15) is 0 Å². The van der Waals surface area contributed by atoms with Gasteiger partial charge in [0, 0.05) is 6.42 Å². The molecule has 0 aromatic heterocycles. The maximum Gasteiger partial charge on any atom is 0.361 e. The summed E-state index contributed by atoms with van der Waals surface area (Å²) in [4.78, 5) is 23.4. The minimum Gasteiger partial charge on any atom is -0.466 e. The number of hydrogen-bond donors (Lipinski definition) is 0. The highest BCUT2D eigenvalue weighted by molar-refractivity contribution is 5.71. The number of hydrogen-bond acceptors (Lipinski definition) is 4. The van der Waals surface area contributed by atoms with Gasteiger partial charge in [-0.15, -0.1) is 0 Å². The molecule has 0 radical (unpaired) electrons. The molecule has 1 heterocycles. The van der Waals surface area contributed by atoms with Crippen LogP contribution in [0.1, 0.15) is 39.5 Å². The highest BCUT2D eigenvalue weighted by atomic mass is 16.5. The average molecular weight is 272 g/mol. The van der Waals surface area contributed by atoms with Crippen molar-refractivity contribution in [2.45, 2.75) is 45.6 Å². The highest BCUT2D eigenvalue weighted by Gasteiger charge is 2.39. The van der Waals surface area contributed by atoms with Gasteiger partial charge in [-0.1, -0.05) is 0 Å². The normalized spacial score (nSPS) is 26.8. The highest BCUT2D eigenvalue weighted by Crippen LogP contribution is 2.26. The third-order valence-electron chi connectivity index (χ3n) is 3.84. The minimum absolute atomic E-state index is 0.164. The predicted molar refractivity (Wildman–Crippen MR) is 71.4 cm³/mol. The quantitative estimate of drug-likeness (QED) is 0.543. The largest absolute Gasteiger partial charge is 0.466 e. The number of likely N-dealkylation sites (N-methyl/N-ethyl adjacent to an activating group) is 1. The fourth-order valence-corrected chi connectivity index (χ4v) is 2.79. The van der Waals surface area contributed by atoms with Crippen LogP contribution >= 0.6 is 0 Å². The van der Waals surface area contributed by atoms with Gasteiger partial charge >= 0.3 is 11.9 Å². The molecule has 0 bridgehead atoms. The SMILES string of the molecule is CCOC(=O)CC1CCCC[N+]1(C)CC(=O)OCC. The third-order valence-corrected chi connectivity index (χ3v) is 3.84. The number of rotatable bonds is 6. The summed E-state index contributed by atoms with van der Waals surface area (Å²) in [6.07, 6.45) is 3.56. The van der Waals surface area contributed by atoms with Crippen molar-refractivity contribution in [3.8, 4) is 0 Å². The van der Waals surface area contributed by atoms with Crippen molar-refractivity contribution < 1.29 is 23.5 Å². The number of esters is 2. The molecule has 0 aliphatic carbocycles. The molecule has 2 atom stereocenters. The summed E-state index contributed by atoms with van der Waals surface area (Å²) in [6.45, 7) is 5.70. The summed E-state index contributed by atoms with van der Waals surface area (Å²) >= 11 is 0. The number of likely N-dealkylation sites (tertiary alicyclic amines) is 1. The van der Waals surface area contributed by atoms with Crippen molar-refractivity contribution >= 4 is 11.9 Å². The zero-order chi connectivity index (χ0) is 14.3. The van der Waals surface area contributed by atoms with Crippen molar-refractivity contribution in [3.05, 3.63) is 0 Å². The van der Waals surface area contributed by atoms with E-state index in [2.05, 4.69) is 0 Å². The van der Waals surface area contributed by atoms with E-state index in [1.807, 2.05) is 20.9 Å². The van der Waals surface area contributed by atoms with Crippen LogP contribution in [0, 0.1) is 0 Å². The lowest BCUT2D eigenvalue weighted by Crippen LogP contribution is -2.58. The van der Waals surface area contributed by atoms with Crippen molar-refractivity contribution in [1.29, 1.82) is 0 Å². The van der Waals surface area contributed by atoms with Crippen LogP contribution in [0.25, 0.3) is 0 Å². The van der Waals surface area contributed by atoms with Gasteiger partial charge in [-0.3, -0.25) is 4.79 Å². The van der Waals surface area contributed by atoms with Crippen molar-refractivity contribution in [2.24, 2.45) is 0 Å². The Kier molecular flexibility index (Phi) is 6.28. The van der Waals surface area contributed by atoms with Crippen LogP contribution in [-0.4, -0.2) is 55.8 Å². The molecule has 1 aliphatic rings. The molecular weight excluding hydrogens is 246 g/mol. The third kappa shape index (κ3) is 4.82. The Balaban J connectivity index is 2.64. The van der Waals surface area contributed by atoms with Gasteiger partial charge in [0.05, 0.1) is 39.3 Å². The molecule has 2 unspecified atom stereocenters. The van der Waals surface area contributed by atoms with Gasteiger partial charge in [0.1, 0.15) is 0 Å². The van der Waals surface area contributed by atoms with Crippen LogP contribution < -0.4 is 0 Å². The van der Waals surface area contributed by atoms with E-state index in [1.165, 1.54) is 0 Å². The van der Waals surface area contributed by atoms with Gasteiger partial charge in [0.2, 0.25) is 0 Å². The molecule has 19 heavy (non-hydrogen) atoms. The van der Waals surface area contributed by atoms with Crippen molar-refractivity contribution in [2.75, 3.05) is 33.4 Å². The van der Waals surface area contributed by atoms with E-state index in [1.54, 1.807) is 0 Å². The summed E-state index contributed by atoms with van der Waals surface area (Å²) in [5, 5.41) is 0. The summed E-state index contributed by atoms with van der Waals surface area (Å²) in [6, 6.07) is 0.164. The van der Waals surface area contributed by atoms with E-state index in [4.69, 9.17) is 9.47 Å². The molecule has 1 aliphatic heterocycles. The van der Waals surface area contributed by atoms with Gasteiger partial charge in [-0.05, 0) is 26.7 Å². The molecule has 0 amide bonds. The van der Waals surface area contributed by atoms with Crippen LogP contribution in [0.4, 0.5) is 0 Å². The summed E-state index contributed by atoms with van der Waals surface area (Å²) in [5.74, 6) is -0.344. The van der Waals surface area contributed by atoms with E-state index in [0.29, 0.717) is 30.7 Å². The zero-order valence-electron chi connectivity index (χ0n) is 12.3. The van der Waals surface area contributed by atoms with E-state index < -0.39 is 0 Å². The molecule has 0 aromatic rings. The summed E-state index contributed by atoms with van der Waals surface area (Å²) in [5.41, 5.74) is 0. The molecule has 0 N–H and O–H groups in total. The van der Waals surface area contributed by atoms with Crippen LogP contribution in [0.3, 0.4) is 0 Å². The zero-order valence-corrected chi connectivity index (χ0v) is 12.3. The van der Waals surface area contributed by atoms with Crippen LogP contribution in [-0.2, 0) is 19.1 Å². The lowest BCUT2D eigenvalue weighted by molar-refractivity contribution is -0.931. The molecule has 5 nitrogen and oxygen atoms in total. The summed E-state index contributed by atoms with van der Waals surface area (Å²) < 4.78 is 10.7. The standard InChI is InChI=1S/C14H26NO4/c1-4-18-13(16)10-12-8-6-7-9-15(12,3)11-14(17)19-5-2/h12H,4-11H2,1-3H3/q+1. The minimum atomic E-state index is -0.180. The predicted octanol–water partition coefficient (Wildman–Crippen LogP) is 1.50. The Morgan fingerprint density at radius 2 is 1.74 bits per heavy atom. The Morgan fingerprint density at radius 3 is 2.37 bits per heavy atom. The monoisotopic (exact) mass is 272 g/mol. The molecule has 1 saturated heterocycles. The molecular formula is C14H26NO4+. The second kappa shape index (κ2) is 7.48. The van der Waals surface area contributed by atoms with Crippen LogP contribution in [0.2, 0.25) is 0 Å². The number of nitrogens with zero attached hydrogens (tertiary/aromatic N) is 1. The van der Waals surface area contributed by atoms with Crippen molar-refractivity contribution in [3.63, 3.8) is 0 Å². The first-order valence-electron chi connectivity index (χ1n) is 7.17. The van der Waals surface area contributed by atoms with Crippen molar-refractivity contribution in [1.82, 2.24) is 0 Å². The lowest BCUT2D eigenvalue weighted by atomic mass is 9.96. The molecule has 110 valence electrons. The number of quaternary nitrogens is 1. The molecule has 5 heteroatoms. The van der Waals surface area contributed by atoms with E-state index >= 15 is 0 Å². The van der Waals surface area contributed by atoms with Gasteiger partial charge in [-0.25, -0.2) is 4.79 Å². The van der Waals surface area contributed by atoms with Gasteiger partial charge < -0.3 is 14.0 Å². The van der Waals surface area contributed by atoms with E-state index in [-0.39, 0.29) is 18.0 Å². The average Bonchev–Trinajstić information content (AvgIpc) is 2.32. The second-order valence-corrected chi connectivity index (χ2v) is 5.32. The second-order valence-electron chi connectivity index (χ2n) is 5.32. The molecule has 0 aromatic carbocycles. The Bertz CT molecular complexity index is 319. The first-order valence-corrected chi connectivity index (χ1v) is 7.17.